The second-order valence-electron chi connectivity index (χ2n) is 3.44. The largest absolute Gasteiger partial charge is 0.465 e. The van der Waals surface area contributed by atoms with Gasteiger partial charge in [-0.1, -0.05) is 27.2 Å². The summed E-state index contributed by atoms with van der Waals surface area (Å²) in [6.45, 7) is 9.16. The first-order valence-corrected chi connectivity index (χ1v) is 5.62. The lowest BCUT2D eigenvalue weighted by atomic mass is 10.3. The van der Waals surface area contributed by atoms with Gasteiger partial charge in [-0.2, -0.15) is 0 Å². The summed E-state index contributed by atoms with van der Waals surface area (Å²) in [4.78, 5) is 13.4. The molecular weight excluding hydrogens is 178 g/mol. The summed E-state index contributed by atoms with van der Waals surface area (Å²) in [6.07, 6.45) is 3.11. The molecule has 0 saturated heterocycles. The first-order chi connectivity index (χ1) is 6.74. The van der Waals surface area contributed by atoms with E-state index in [1.165, 1.54) is 0 Å². The molecule has 0 heterocycles. The van der Waals surface area contributed by atoms with Crippen molar-refractivity contribution in [1.82, 2.24) is 4.90 Å². The van der Waals surface area contributed by atoms with Gasteiger partial charge in [0.25, 0.3) is 0 Å². The number of unbranched alkanes of at least 4 members (excludes halogenated alkanes) is 1. The minimum absolute atomic E-state index is 0.0891. The van der Waals surface area contributed by atoms with E-state index in [9.17, 15) is 4.79 Å². The molecule has 3 nitrogen and oxygen atoms in total. The standard InChI is InChI=1S/C11H23NO2/c1-4-7-9-14-11(13)10-12(6-3)8-5-2/h4-10H2,1-3H3. The highest BCUT2D eigenvalue weighted by Gasteiger charge is 2.08. The highest BCUT2D eigenvalue weighted by atomic mass is 16.5. The van der Waals surface area contributed by atoms with Crippen molar-refractivity contribution in [3.63, 3.8) is 0 Å². The average Bonchev–Trinajstić information content (AvgIpc) is 2.17. The Hall–Kier alpha value is -0.570. The van der Waals surface area contributed by atoms with E-state index in [1.54, 1.807) is 0 Å². The number of hydrogen-bond donors (Lipinski definition) is 0. The van der Waals surface area contributed by atoms with E-state index in [1.807, 2.05) is 0 Å². The van der Waals surface area contributed by atoms with Gasteiger partial charge in [-0.15, -0.1) is 0 Å². The van der Waals surface area contributed by atoms with Crippen LogP contribution in [0, 0.1) is 0 Å². The van der Waals surface area contributed by atoms with Gasteiger partial charge in [-0.3, -0.25) is 9.69 Å². The zero-order valence-corrected chi connectivity index (χ0v) is 9.71. The first kappa shape index (κ1) is 13.4. The molecule has 0 atom stereocenters. The average molecular weight is 201 g/mol. The van der Waals surface area contributed by atoms with Crippen LogP contribution in [0.1, 0.15) is 40.0 Å². The first-order valence-electron chi connectivity index (χ1n) is 5.62. The van der Waals surface area contributed by atoms with Crippen LogP contribution in [0.2, 0.25) is 0 Å². The molecule has 0 aromatic carbocycles. The molecule has 0 aliphatic heterocycles. The minimum Gasteiger partial charge on any atom is -0.465 e. The normalized spacial score (nSPS) is 10.6. The Kier molecular flexibility index (Phi) is 8.64. The number of likely N-dealkylation sites (N-methyl/N-ethyl adjacent to an activating group) is 1. The van der Waals surface area contributed by atoms with Gasteiger partial charge in [0, 0.05) is 0 Å². The van der Waals surface area contributed by atoms with Gasteiger partial charge in [0.2, 0.25) is 0 Å². The second kappa shape index (κ2) is 9.00. The van der Waals surface area contributed by atoms with Crippen LogP contribution in [0.15, 0.2) is 0 Å². The van der Waals surface area contributed by atoms with Crippen LogP contribution < -0.4 is 0 Å². The van der Waals surface area contributed by atoms with Crippen molar-refractivity contribution in [3.8, 4) is 0 Å². The number of hydrogen-bond acceptors (Lipinski definition) is 3. The zero-order chi connectivity index (χ0) is 10.8. The molecule has 0 radical (unpaired) electrons. The van der Waals surface area contributed by atoms with E-state index in [-0.39, 0.29) is 5.97 Å². The molecule has 0 saturated carbocycles. The lowest BCUT2D eigenvalue weighted by Gasteiger charge is -2.18. The lowest BCUT2D eigenvalue weighted by Crippen LogP contribution is -2.31. The summed E-state index contributed by atoms with van der Waals surface area (Å²) >= 11 is 0. The SMILES string of the molecule is CCCCOC(=O)CN(CC)CCC. The monoisotopic (exact) mass is 201 g/mol. The molecule has 0 rings (SSSR count). The Labute approximate surface area is 87.4 Å². The molecule has 3 heteroatoms. The topological polar surface area (TPSA) is 29.5 Å². The lowest BCUT2D eigenvalue weighted by molar-refractivity contribution is -0.145. The maximum atomic E-state index is 11.3. The maximum Gasteiger partial charge on any atom is 0.320 e. The van der Waals surface area contributed by atoms with Crippen molar-refractivity contribution >= 4 is 5.97 Å². The highest BCUT2D eigenvalue weighted by molar-refractivity contribution is 5.71. The summed E-state index contributed by atoms with van der Waals surface area (Å²) < 4.78 is 5.08. The third kappa shape index (κ3) is 6.89. The van der Waals surface area contributed by atoms with Gasteiger partial charge in [0.1, 0.15) is 0 Å². The molecule has 0 spiro atoms. The number of nitrogens with zero attached hydrogens (tertiary/aromatic N) is 1. The number of ether oxygens (including phenoxy) is 1. The van der Waals surface area contributed by atoms with Gasteiger partial charge in [-0.05, 0) is 25.9 Å². The molecule has 0 aromatic heterocycles. The van der Waals surface area contributed by atoms with E-state index in [4.69, 9.17) is 4.74 Å². The van der Waals surface area contributed by atoms with Crippen molar-refractivity contribution in [1.29, 1.82) is 0 Å². The fourth-order valence-corrected chi connectivity index (χ4v) is 1.22. The Balaban J connectivity index is 3.56. The van der Waals surface area contributed by atoms with Crippen molar-refractivity contribution in [2.24, 2.45) is 0 Å². The third-order valence-electron chi connectivity index (χ3n) is 2.10. The fourth-order valence-electron chi connectivity index (χ4n) is 1.22. The van der Waals surface area contributed by atoms with Crippen LogP contribution >= 0.6 is 0 Å². The van der Waals surface area contributed by atoms with Gasteiger partial charge in [-0.25, -0.2) is 0 Å². The highest BCUT2D eigenvalue weighted by Crippen LogP contribution is 1.94. The van der Waals surface area contributed by atoms with Crippen molar-refractivity contribution in [2.75, 3.05) is 26.2 Å². The molecule has 0 aliphatic rings. The molecule has 0 N–H and O–H groups in total. The zero-order valence-electron chi connectivity index (χ0n) is 9.71. The van der Waals surface area contributed by atoms with Crippen LogP contribution in [0.4, 0.5) is 0 Å². The Morgan fingerprint density at radius 2 is 1.93 bits per heavy atom. The van der Waals surface area contributed by atoms with E-state index in [0.717, 1.165) is 32.4 Å². The number of rotatable bonds is 8. The van der Waals surface area contributed by atoms with Crippen LogP contribution in [0.5, 0.6) is 0 Å². The summed E-state index contributed by atoms with van der Waals surface area (Å²) in [5.74, 6) is -0.0891. The van der Waals surface area contributed by atoms with Crippen LogP contribution in [0.3, 0.4) is 0 Å². The molecular formula is C11H23NO2. The number of esters is 1. The Bertz CT molecular complexity index is 148. The molecule has 0 fully saturated rings. The summed E-state index contributed by atoms with van der Waals surface area (Å²) in [5, 5.41) is 0. The predicted molar refractivity (Wildman–Crippen MR) is 58.3 cm³/mol. The van der Waals surface area contributed by atoms with E-state index in [2.05, 4.69) is 25.7 Å². The van der Waals surface area contributed by atoms with E-state index < -0.39 is 0 Å². The summed E-state index contributed by atoms with van der Waals surface area (Å²) in [5.41, 5.74) is 0. The Morgan fingerprint density at radius 1 is 1.21 bits per heavy atom. The van der Waals surface area contributed by atoms with Crippen molar-refractivity contribution in [2.45, 2.75) is 40.0 Å². The molecule has 0 unspecified atom stereocenters. The number of carbonyl (C=O) groups excluding carboxylic acids is 1. The van der Waals surface area contributed by atoms with Crippen molar-refractivity contribution in [3.05, 3.63) is 0 Å². The summed E-state index contributed by atoms with van der Waals surface area (Å²) in [6, 6.07) is 0. The Morgan fingerprint density at radius 3 is 2.43 bits per heavy atom. The smallest absolute Gasteiger partial charge is 0.320 e. The van der Waals surface area contributed by atoms with Gasteiger partial charge in [0.15, 0.2) is 0 Å². The maximum absolute atomic E-state index is 11.3. The molecule has 84 valence electrons. The van der Waals surface area contributed by atoms with Gasteiger partial charge >= 0.3 is 5.97 Å². The van der Waals surface area contributed by atoms with E-state index in [0.29, 0.717) is 13.2 Å². The summed E-state index contributed by atoms with van der Waals surface area (Å²) in [7, 11) is 0. The number of carbonyl (C=O) groups is 1. The van der Waals surface area contributed by atoms with Crippen LogP contribution in [-0.4, -0.2) is 37.1 Å². The van der Waals surface area contributed by atoms with Gasteiger partial charge in [0.05, 0.1) is 13.2 Å². The molecule has 0 aliphatic carbocycles. The van der Waals surface area contributed by atoms with Crippen LogP contribution in [-0.2, 0) is 9.53 Å². The van der Waals surface area contributed by atoms with E-state index >= 15 is 0 Å². The third-order valence-corrected chi connectivity index (χ3v) is 2.10. The molecule has 0 bridgehead atoms. The van der Waals surface area contributed by atoms with Crippen molar-refractivity contribution < 1.29 is 9.53 Å². The fraction of sp³-hybridized carbons (Fsp3) is 0.909. The van der Waals surface area contributed by atoms with Crippen LogP contribution in [0.25, 0.3) is 0 Å². The molecule has 0 amide bonds. The quantitative estimate of drug-likeness (QED) is 0.445. The molecule has 14 heavy (non-hydrogen) atoms. The second-order valence-corrected chi connectivity index (χ2v) is 3.44. The molecule has 0 aromatic rings. The minimum atomic E-state index is -0.0891. The predicted octanol–water partition coefficient (Wildman–Crippen LogP) is 2.06. The van der Waals surface area contributed by atoms with Gasteiger partial charge < -0.3 is 4.74 Å².